The molecular formula is C25H26N6O3. The van der Waals surface area contributed by atoms with Crippen LogP contribution in [-0.4, -0.2) is 44.9 Å². The van der Waals surface area contributed by atoms with E-state index in [1.807, 2.05) is 18.2 Å². The Morgan fingerprint density at radius 2 is 1.79 bits per heavy atom. The van der Waals surface area contributed by atoms with Gasteiger partial charge in [-0.05, 0) is 61.4 Å². The topological polar surface area (TPSA) is 101 Å². The minimum Gasteiger partial charge on any atom is -0.371 e. The molecule has 1 saturated heterocycles. The molecule has 0 bridgehead atoms. The van der Waals surface area contributed by atoms with Gasteiger partial charge in [0.1, 0.15) is 17.8 Å². The lowest BCUT2D eigenvalue weighted by Gasteiger charge is -2.32. The number of rotatable bonds is 4. The van der Waals surface area contributed by atoms with Crippen LogP contribution in [-0.2, 0) is 16.1 Å². The summed E-state index contributed by atoms with van der Waals surface area (Å²) in [5.74, 6) is 2.25. The first-order valence-corrected chi connectivity index (χ1v) is 11.6. The van der Waals surface area contributed by atoms with Crippen LogP contribution in [0.1, 0.15) is 54.6 Å². The summed E-state index contributed by atoms with van der Waals surface area (Å²) in [4.78, 5) is 38.5. The molecule has 1 aliphatic carbocycles. The van der Waals surface area contributed by atoms with Crippen LogP contribution in [0.4, 0.5) is 11.5 Å². The van der Waals surface area contributed by atoms with Gasteiger partial charge in [-0.25, -0.2) is 4.98 Å². The van der Waals surface area contributed by atoms with Crippen molar-refractivity contribution in [3.05, 3.63) is 53.9 Å². The van der Waals surface area contributed by atoms with Crippen molar-refractivity contribution in [2.75, 3.05) is 22.9 Å². The minimum absolute atomic E-state index is 0.0236. The number of hydrogen-bond acceptors (Lipinski definition) is 7. The first-order valence-electron chi connectivity index (χ1n) is 11.6. The lowest BCUT2D eigenvalue weighted by molar-refractivity contribution is -0.191. The van der Waals surface area contributed by atoms with E-state index in [2.05, 4.69) is 44.8 Å². The molecule has 9 heteroatoms. The molecule has 2 aliphatic heterocycles. The van der Waals surface area contributed by atoms with Crippen molar-refractivity contribution < 1.29 is 14.4 Å². The third-order valence-corrected chi connectivity index (χ3v) is 6.80. The number of hydrogen-bond donors (Lipinski definition) is 0. The van der Waals surface area contributed by atoms with Gasteiger partial charge in [0.15, 0.2) is 5.82 Å². The van der Waals surface area contributed by atoms with Crippen molar-refractivity contribution >= 4 is 23.6 Å². The maximum Gasteiger partial charge on any atom is 0.373 e. The number of fused-ring (bicyclic) bond motifs is 1. The number of pyridine rings is 1. The largest absolute Gasteiger partial charge is 0.373 e. The molecule has 174 valence electrons. The van der Waals surface area contributed by atoms with Gasteiger partial charge >= 0.3 is 6.15 Å². The standard InChI is InChI=1S/C24H26N6O.CO2/c1-16-9-11-28(12-10-16)19-6-5-17-14-29(24(31)20(17)13-19)22-4-2-3-21(26-22)23-27-25-15-30(23)18-7-8-18;2-1-3/h2-6,13,15-16,18H,7-12,14H2,1H3;. The van der Waals surface area contributed by atoms with Crippen molar-refractivity contribution in [1.29, 1.82) is 0 Å². The second kappa shape index (κ2) is 9.19. The zero-order chi connectivity index (χ0) is 23.7. The monoisotopic (exact) mass is 458 g/mol. The van der Waals surface area contributed by atoms with Gasteiger partial charge in [0.05, 0.1) is 6.54 Å². The Hall–Kier alpha value is -3.84. The Morgan fingerprint density at radius 1 is 1.03 bits per heavy atom. The average Bonchev–Trinajstić information content (AvgIpc) is 3.49. The molecule has 2 fully saturated rings. The quantitative estimate of drug-likeness (QED) is 0.590. The number of anilines is 2. The van der Waals surface area contributed by atoms with Gasteiger partial charge in [-0.2, -0.15) is 9.59 Å². The molecule has 0 unspecified atom stereocenters. The molecule has 0 atom stereocenters. The molecule has 0 N–H and O–H groups in total. The first kappa shape index (κ1) is 22.0. The number of carbonyl (C=O) groups excluding carboxylic acids is 3. The van der Waals surface area contributed by atoms with E-state index in [1.165, 1.54) is 12.8 Å². The lowest BCUT2D eigenvalue weighted by atomic mass is 9.98. The summed E-state index contributed by atoms with van der Waals surface area (Å²) in [5.41, 5.74) is 3.77. The molecule has 9 nitrogen and oxygen atoms in total. The molecule has 6 rings (SSSR count). The number of piperidine rings is 1. The first-order chi connectivity index (χ1) is 16.6. The van der Waals surface area contributed by atoms with Crippen molar-refractivity contribution in [2.24, 2.45) is 5.92 Å². The number of aromatic nitrogens is 4. The molecule has 1 aromatic carbocycles. The molecule has 1 saturated carbocycles. The van der Waals surface area contributed by atoms with E-state index in [0.29, 0.717) is 18.4 Å². The van der Waals surface area contributed by atoms with Gasteiger partial charge in [0.25, 0.3) is 5.91 Å². The third-order valence-electron chi connectivity index (χ3n) is 6.80. The summed E-state index contributed by atoms with van der Waals surface area (Å²) in [6.45, 7) is 4.99. The number of benzene rings is 1. The molecular weight excluding hydrogens is 432 g/mol. The predicted molar refractivity (Wildman–Crippen MR) is 124 cm³/mol. The second-order valence-corrected chi connectivity index (χ2v) is 9.16. The molecule has 3 aromatic rings. The summed E-state index contributed by atoms with van der Waals surface area (Å²) in [6.07, 6.45) is 6.76. The zero-order valence-electron chi connectivity index (χ0n) is 19.1. The van der Waals surface area contributed by atoms with Crippen molar-refractivity contribution in [2.45, 2.75) is 45.2 Å². The number of nitrogens with zero attached hydrogens (tertiary/aromatic N) is 6. The average molecular weight is 459 g/mol. The van der Waals surface area contributed by atoms with E-state index in [-0.39, 0.29) is 12.1 Å². The zero-order valence-corrected chi connectivity index (χ0v) is 19.1. The molecule has 0 spiro atoms. The second-order valence-electron chi connectivity index (χ2n) is 9.16. The van der Waals surface area contributed by atoms with E-state index in [0.717, 1.165) is 60.2 Å². The van der Waals surface area contributed by atoms with Crippen LogP contribution in [0.15, 0.2) is 42.7 Å². The van der Waals surface area contributed by atoms with E-state index < -0.39 is 0 Å². The molecule has 2 aromatic heterocycles. The molecule has 0 radical (unpaired) electrons. The fraction of sp³-hybridized carbons (Fsp3) is 0.400. The van der Waals surface area contributed by atoms with Crippen LogP contribution in [0.3, 0.4) is 0 Å². The lowest BCUT2D eigenvalue weighted by Crippen LogP contribution is -2.32. The van der Waals surface area contributed by atoms with Gasteiger partial charge in [0, 0.05) is 30.4 Å². The normalized spacial score (nSPS) is 17.7. The number of amides is 1. The van der Waals surface area contributed by atoms with Crippen molar-refractivity contribution in [3.8, 4) is 11.5 Å². The smallest absolute Gasteiger partial charge is 0.371 e. The highest BCUT2D eigenvalue weighted by Gasteiger charge is 2.31. The highest BCUT2D eigenvalue weighted by molar-refractivity contribution is 6.10. The fourth-order valence-corrected chi connectivity index (χ4v) is 4.68. The van der Waals surface area contributed by atoms with Gasteiger partial charge in [0.2, 0.25) is 0 Å². The SMILES string of the molecule is CC1CCN(c2ccc3c(c2)C(=O)N(c2cccc(-c4nncn4C4CC4)n2)C3)CC1.O=C=O. The van der Waals surface area contributed by atoms with Crippen LogP contribution < -0.4 is 9.80 Å². The molecule has 1 amide bonds. The highest BCUT2D eigenvalue weighted by Crippen LogP contribution is 2.38. The summed E-state index contributed by atoms with van der Waals surface area (Å²) >= 11 is 0. The number of carbonyl (C=O) groups is 1. The Labute approximate surface area is 197 Å². The Balaban J connectivity index is 0.000000764. The van der Waals surface area contributed by atoms with Crippen LogP contribution in [0.2, 0.25) is 0 Å². The summed E-state index contributed by atoms with van der Waals surface area (Å²) in [6, 6.07) is 12.6. The van der Waals surface area contributed by atoms with Gasteiger partial charge in [-0.3, -0.25) is 9.69 Å². The van der Waals surface area contributed by atoms with Crippen LogP contribution in [0.25, 0.3) is 11.5 Å². The van der Waals surface area contributed by atoms with E-state index in [4.69, 9.17) is 14.6 Å². The van der Waals surface area contributed by atoms with E-state index in [1.54, 1.807) is 11.2 Å². The maximum absolute atomic E-state index is 13.3. The fourth-order valence-electron chi connectivity index (χ4n) is 4.68. The highest BCUT2D eigenvalue weighted by atomic mass is 16.2. The van der Waals surface area contributed by atoms with E-state index in [9.17, 15) is 4.79 Å². The Kier molecular flexibility index (Phi) is 5.94. The van der Waals surface area contributed by atoms with Crippen LogP contribution in [0, 0.1) is 5.92 Å². The summed E-state index contributed by atoms with van der Waals surface area (Å²) < 4.78 is 2.10. The van der Waals surface area contributed by atoms with E-state index >= 15 is 0 Å². The third kappa shape index (κ3) is 4.22. The van der Waals surface area contributed by atoms with Gasteiger partial charge < -0.3 is 9.47 Å². The molecule has 4 heterocycles. The van der Waals surface area contributed by atoms with Gasteiger partial charge in [-0.15, -0.1) is 10.2 Å². The van der Waals surface area contributed by atoms with Crippen molar-refractivity contribution in [1.82, 2.24) is 19.7 Å². The Bertz CT molecular complexity index is 1240. The van der Waals surface area contributed by atoms with Crippen LogP contribution >= 0.6 is 0 Å². The Morgan fingerprint density at radius 3 is 2.53 bits per heavy atom. The molecule has 34 heavy (non-hydrogen) atoms. The summed E-state index contributed by atoms with van der Waals surface area (Å²) in [7, 11) is 0. The summed E-state index contributed by atoms with van der Waals surface area (Å²) in [5, 5.41) is 8.36. The van der Waals surface area contributed by atoms with Crippen molar-refractivity contribution in [3.63, 3.8) is 0 Å². The van der Waals surface area contributed by atoms with Crippen LogP contribution in [0.5, 0.6) is 0 Å². The maximum atomic E-state index is 13.3. The molecule has 3 aliphatic rings. The minimum atomic E-state index is 0.0236. The van der Waals surface area contributed by atoms with Gasteiger partial charge in [-0.1, -0.05) is 19.1 Å². The predicted octanol–water partition coefficient (Wildman–Crippen LogP) is 3.49.